The van der Waals surface area contributed by atoms with Crippen LogP contribution in [-0.4, -0.2) is 30.6 Å². The summed E-state index contributed by atoms with van der Waals surface area (Å²) in [6.45, 7) is 8.43. The highest BCUT2D eigenvalue weighted by Crippen LogP contribution is 2.35. The molecule has 0 heterocycles. The fourth-order valence-electron chi connectivity index (χ4n) is 4.60. The van der Waals surface area contributed by atoms with Crippen LogP contribution in [0.2, 0.25) is 0 Å². The van der Waals surface area contributed by atoms with E-state index < -0.39 is 0 Å². The van der Waals surface area contributed by atoms with Gasteiger partial charge in [-0.3, -0.25) is 0 Å². The maximum absolute atomic E-state index is 6.43. The molecule has 2 aliphatic carbocycles. The largest absolute Gasteiger partial charge is 0.327 e. The average Bonchev–Trinajstić information content (AvgIpc) is 2.41. The number of rotatable bonds is 4. The molecule has 2 fully saturated rings. The predicted molar refractivity (Wildman–Crippen MR) is 87.7 cm³/mol. The van der Waals surface area contributed by atoms with Gasteiger partial charge in [0.2, 0.25) is 0 Å². The van der Waals surface area contributed by atoms with Crippen LogP contribution in [0, 0.1) is 23.7 Å². The van der Waals surface area contributed by atoms with Gasteiger partial charge >= 0.3 is 0 Å². The van der Waals surface area contributed by atoms with E-state index in [0.29, 0.717) is 6.04 Å². The van der Waals surface area contributed by atoms with Crippen molar-refractivity contribution in [1.82, 2.24) is 4.90 Å². The van der Waals surface area contributed by atoms with Gasteiger partial charge in [0.25, 0.3) is 0 Å². The Labute approximate surface area is 126 Å². The molecule has 2 heteroatoms. The lowest BCUT2D eigenvalue weighted by atomic mass is 9.73. The Balaban J connectivity index is 1.89. The molecule has 0 spiro atoms. The Hall–Kier alpha value is -0.0800. The Kier molecular flexibility index (Phi) is 5.92. The lowest BCUT2D eigenvalue weighted by Gasteiger charge is -2.42. The molecule has 5 unspecified atom stereocenters. The van der Waals surface area contributed by atoms with Gasteiger partial charge in [-0.15, -0.1) is 0 Å². The Morgan fingerprint density at radius 2 is 1.80 bits per heavy atom. The first kappa shape index (κ1) is 16.3. The molecule has 2 N–H and O–H groups in total. The molecule has 118 valence electrons. The van der Waals surface area contributed by atoms with Crippen LogP contribution in [0.1, 0.15) is 65.7 Å². The number of hydrogen-bond donors (Lipinski definition) is 1. The third-order valence-corrected chi connectivity index (χ3v) is 6.18. The van der Waals surface area contributed by atoms with Gasteiger partial charge in [-0.1, -0.05) is 33.6 Å². The van der Waals surface area contributed by atoms with Gasteiger partial charge in [0, 0.05) is 18.6 Å². The summed E-state index contributed by atoms with van der Waals surface area (Å²) in [6.07, 6.45) is 9.60. The molecule has 20 heavy (non-hydrogen) atoms. The van der Waals surface area contributed by atoms with Crippen molar-refractivity contribution in [2.24, 2.45) is 29.4 Å². The molecular weight excluding hydrogens is 244 g/mol. The maximum Gasteiger partial charge on any atom is 0.0118 e. The van der Waals surface area contributed by atoms with Crippen LogP contribution in [0.5, 0.6) is 0 Å². The third-order valence-electron chi connectivity index (χ3n) is 6.18. The van der Waals surface area contributed by atoms with E-state index in [2.05, 4.69) is 32.7 Å². The summed E-state index contributed by atoms with van der Waals surface area (Å²) >= 11 is 0. The van der Waals surface area contributed by atoms with Crippen molar-refractivity contribution in [1.29, 1.82) is 0 Å². The Morgan fingerprint density at radius 3 is 2.45 bits per heavy atom. The highest BCUT2D eigenvalue weighted by molar-refractivity contribution is 4.87. The molecular formula is C18H36N2. The first-order chi connectivity index (χ1) is 9.49. The predicted octanol–water partition coefficient (Wildman–Crippen LogP) is 3.90. The average molecular weight is 280 g/mol. The van der Waals surface area contributed by atoms with Gasteiger partial charge in [0.15, 0.2) is 0 Å². The van der Waals surface area contributed by atoms with Crippen molar-refractivity contribution in [3.8, 4) is 0 Å². The number of nitrogens with zero attached hydrogens (tertiary/aromatic N) is 1. The molecule has 2 saturated carbocycles. The van der Waals surface area contributed by atoms with Gasteiger partial charge in [0.05, 0.1) is 0 Å². The van der Waals surface area contributed by atoms with Crippen molar-refractivity contribution in [3.63, 3.8) is 0 Å². The van der Waals surface area contributed by atoms with Crippen LogP contribution in [0.4, 0.5) is 0 Å². The SMILES string of the molecule is CC(C)C1CCC(N)C(CN(C)C2CCCCC2C)C1. The molecule has 0 amide bonds. The van der Waals surface area contributed by atoms with Gasteiger partial charge in [-0.2, -0.15) is 0 Å². The molecule has 5 atom stereocenters. The molecule has 0 radical (unpaired) electrons. The van der Waals surface area contributed by atoms with Crippen LogP contribution >= 0.6 is 0 Å². The van der Waals surface area contributed by atoms with Crippen LogP contribution < -0.4 is 5.73 Å². The fraction of sp³-hybridized carbons (Fsp3) is 1.00. The van der Waals surface area contributed by atoms with Crippen LogP contribution in [-0.2, 0) is 0 Å². The summed E-state index contributed by atoms with van der Waals surface area (Å²) in [7, 11) is 2.35. The van der Waals surface area contributed by atoms with E-state index in [0.717, 1.165) is 29.7 Å². The van der Waals surface area contributed by atoms with Crippen molar-refractivity contribution in [3.05, 3.63) is 0 Å². The summed E-state index contributed by atoms with van der Waals surface area (Å²) in [5.41, 5.74) is 6.43. The second-order valence-electron chi connectivity index (χ2n) is 8.01. The summed E-state index contributed by atoms with van der Waals surface area (Å²) in [5.74, 6) is 3.31. The Bertz CT molecular complexity index is 289. The Morgan fingerprint density at radius 1 is 1.10 bits per heavy atom. The second-order valence-corrected chi connectivity index (χ2v) is 8.01. The minimum atomic E-state index is 0.436. The van der Waals surface area contributed by atoms with Crippen molar-refractivity contribution in [2.45, 2.75) is 77.8 Å². The zero-order chi connectivity index (χ0) is 14.7. The molecule has 0 aromatic carbocycles. The topological polar surface area (TPSA) is 29.3 Å². The summed E-state index contributed by atoms with van der Waals surface area (Å²) < 4.78 is 0. The van der Waals surface area contributed by atoms with Crippen LogP contribution in [0.15, 0.2) is 0 Å². The molecule has 2 nitrogen and oxygen atoms in total. The van der Waals surface area contributed by atoms with Gasteiger partial charge in [-0.25, -0.2) is 0 Å². The van der Waals surface area contributed by atoms with E-state index in [1.165, 1.54) is 51.5 Å². The lowest BCUT2D eigenvalue weighted by Crippen LogP contribution is -2.47. The number of hydrogen-bond acceptors (Lipinski definition) is 2. The van der Waals surface area contributed by atoms with E-state index in [9.17, 15) is 0 Å². The van der Waals surface area contributed by atoms with Crippen molar-refractivity contribution in [2.75, 3.05) is 13.6 Å². The first-order valence-corrected chi connectivity index (χ1v) is 8.94. The van der Waals surface area contributed by atoms with Crippen LogP contribution in [0.3, 0.4) is 0 Å². The standard InChI is InChI=1S/C18H36N2/c1-13(2)15-9-10-17(19)16(11-15)12-20(4)18-8-6-5-7-14(18)3/h13-18H,5-12,19H2,1-4H3. The second kappa shape index (κ2) is 7.26. The minimum absolute atomic E-state index is 0.436. The van der Waals surface area contributed by atoms with E-state index in [1.807, 2.05) is 0 Å². The molecule has 0 aromatic rings. The van der Waals surface area contributed by atoms with Crippen molar-refractivity contribution >= 4 is 0 Å². The molecule has 0 aromatic heterocycles. The molecule has 0 saturated heterocycles. The molecule has 0 aliphatic heterocycles. The molecule has 2 rings (SSSR count). The highest BCUT2D eigenvalue weighted by atomic mass is 15.1. The third kappa shape index (κ3) is 3.98. The zero-order valence-corrected chi connectivity index (χ0v) is 14.1. The summed E-state index contributed by atoms with van der Waals surface area (Å²) in [5, 5.41) is 0. The van der Waals surface area contributed by atoms with E-state index in [-0.39, 0.29) is 0 Å². The van der Waals surface area contributed by atoms with Crippen molar-refractivity contribution < 1.29 is 0 Å². The van der Waals surface area contributed by atoms with E-state index >= 15 is 0 Å². The maximum atomic E-state index is 6.43. The quantitative estimate of drug-likeness (QED) is 0.846. The summed E-state index contributed by atoms with van der Waals surface area (Å²) in [4.78, 5) is 2.65. The van der Waals surface area contributed by atoms with Gasteiger partial charge < -0.3 is 10.6 Å². The highest BCUT2D eigenvalue weighted by Gasteiger charge is 2.33. The molecule has 2 aliphatic rings. The molecule has 0 bridgehead atoms. The summed E-state index contributed by atoms with van der Waals surface area (Å²) in [6, 6.07) is 1.24. The lowest BCUT2D eigenvalue weighted by molar-refractivity contribution is 0.0886. The zero-order valence-electron chi connectivity index (χ0n) is 14.1. The van der Waals surface area contributed by atoms with E-state index in [1.54, 1.807) is 0 Å². The monoisotopic (exact) mass is 280 g/mol. The van der Waals surface area contributed by atoms with Gasteiger partial charge in [0.1, 0.15) is 0 Å². The van der Waals surface area contributed by atoms with Gasteiger partial charge in [-0.05, 0) is 62.8 Å². The first-order valence-electron chi connectivity index (χ1n) is 8.94. The fourth-order valence-corrected chi connectivity index (χ4v) is 4.60. The normalized spacial score (nSPS) is 39.5. The minimum Gasteiger partial charge on any atom is -0.327 e. The smallest absolute Gasteiger partial charge is 0.0118 e. The number of nitrogens with two attached hydrogens (primary N) is 1. The van der Waals surface area contributed by atoms with Crippen LogP contribution in [0.25, 0.3) is 0 Å². The van der Waals surface area contributed by atoms with E-state index in [4.69, 9.17) is 5.73 Å².